The number of rotatable bonds is 4. The van der Waals surface area contributed by atoms with E-state index in [1.807, 2.05) is 6.92 Å². The summed E-state index contributed by atoms with van der Waals surface area (Å²) in [5.41, 5.74) is 0.449. The number of hydrogen-bond donors (Lipinski definition) is 1. The van der Waals surface area contributed by atoms with E-state index in [1.54, 1.807) is 0 Å². The standard InChI is InChI=1S/C14H14F3N3/c1-3-6-18-14-12(17)8(2)19-13(20-14)9-4-5-10(15)11(16)7-9/h4-5,7H,3,6H2,1-2H3,(H,18,19,20). The van der Waals surface area contributed by atoms with Crippen molar-refractivity contribution in [3.05, 3.63) is 41.3 Å². The van der Waals surface area contributed by atoms with Crippen LogP contribution in [-0.4, -0.2) is 16.5 Å². The minimum atomic E-state index is -0.990. The number of aromatic nitrogens is 2. The molecule has 0 saturated carbocycles. The van der Waals surface area contributed by atoms with E-state index in [2.05, 4.69) is 15.3 Å². The summed E-state index contributed by atoms with van der Waals surface area (Å²) in [6.07, 6.45) is 0.809. The molecule has 0 bridgehead atoms. The third-order valence-electron chi connectivity index (χ3n) is 2.74. The first-order valence-electron chi connectivity index (χ1n) is 6.26. The van der Waals surface area contributed by atoms with E-state index >= 15 is 0 Å². The first kappa shape index (κ1) is 14.3. The van der Waals surface area contributed by atoms with Crippen molar-refractivity contribution in [1.29, 1.82) is 0 Å². The highest BCUT2D eigenvalue weighted by molar-refractivity contribution is 5.58. The average Bonchev–Trinajstić information content (AvgIpc) is 2.43. The molecule has 0 aliphatic rings. The Kier molecular flexibility index (Phi) is 4.22. The third kappa shape index (κ3) is 2.89. The molecule has 0 unspecified atom stereocenters. The van der Waals surface area contributed by atoms with Gasteiger partial charge < -0.3 is 5.32 Å². The van der Waals surface area contributed by atoms with Crippen LogP contribution in [0.15, 0.2) is 18.2 Å². The summed E-state index contributed by atoms with van der Waals surface area (Å²) < 4.78 is 40.0. The molecule has 0 spiro atoms. The van der Waals surface area contributed by atoms with Crippen LogP contribution in [0.1, 0.15) is 19.0 Å². The van der Waals surface area contributed by atoms with E-state index in [-0.39, 0.29) is 17.3 Å². The summed E-state index contributed by atoms with van der Waals surface area (Å²) >= 11 is 0. The van der Waals surface area contributed by atoms with Crippen molar-refractivity contribution >= 4 is 5.82 Å². The van der Waals surface area contributed by atoms with Gasteiger partial charge in [-0.15, -0.1) is 0 Å². The second-order valence-corrected chi connectivity index (χ2v) is 4.35. The number of halogens is 3. The maximum Gasteiger partial charge on any atom is 0.186 e. The lowest BCUT2D eigenvalue weighted by Gasteiger charge is -2.09. The van der Waals surface area contributed by atoms with E-state index in [0.717, 1.165) is 18.6 Å². The highest BCUT2D eigenvalue weighted by atomic mass is 19.2. The number of nitrogens with zero attached hydrogens (tertiary/aromatic N) is 2. The monoisotopic (exact) mass is 281 g/mol. The minimum Gasteiger partial charge on any atom is -0.368 e. The molecule has 1 N–H and O–H groups in total. The van der Waals surface area contributed by atoms with E-state index < -0.39 is 17.5 Å². The van der Waals surface area contributed by atoms with Crippen LogP contribution in [0.2, 0.25) is 0 Å². The maximum absolute atomic E-state index is 13.8. The molecule has 1 heterocycles. The van der Waals surface area contributed by atoms with E-state index in [4.69, 9.17) is 0 Å². The molecule has 2 rings (SSSR count). The maximum atomic E-state index is 13.8. The molecule has 0 fully saturated rings. The van der Waals surface area contributed by atoms with Gasteiger partial charge in [0, 0.05) is 12.1 Å². The van der Waals surface area contributed by atoms with Gasteiger partial charge in [0.15, 0.2) is 29.1 Å². The highest BCUT2D eigenvalue weighted by Gasteiger charge is 2.13. The second-order valence-electron chi connectivity index (χ2n) is 4.35. The Morgan fingerprint density at radius 3 is 2.50 bits per heavy atom. The molecule has 3 nitrogen and oxygen atoms in total. The number of nitrogens with one attached hydrogen (secondary N) is 1. The summed E-state index contributed by atoms with van der Waals surface area (Å²) in [4.78, 5) is 7.99. The first-order valence-corrected chi connectivity index (χ1v) is 6.26. The molecule has 0 aliphatic carbocycles. The fourth-order valence-corrected chi connectivity index (χ4v) is 1.68. The summed E-state index contributed by atoms with van der Waals surface area (Å²) in [7, 11) is 0. The normalized spacial score (nSPS) is 10.7. The SMILES string of the molecule is CCCNc1nc(-c2ccc(F)c(F)c2)nc(C)c1F. The van der Waals surface area contributed by atoms with Crippen molar-refractivity contribution in [3.8, 4) is 11.4 Å². The summed E-state index contributed by atoms with van der Waals surface area (Å²) in [6.45, 7) is 4.00. The quantitative estimate of drug-likeness (QED) is 0.928. The second kappa shape index (κ2) is 5.90. The van der Waals surface area contributed by atoms with Gasteiger partial charge in [0.05, 0.1) is 5.69 Å². The lowest BCUT2D eigenvalue weighted by atomic mass is 10.2. The first-order chi connectivity index (χ1) is 9.52. The lowest BCUT2D eigenvalue weighted by molar-refractivity contribution is 0.509. The fraction of sp³-hybridized carbons (Fsp3) is 0.286. The molecular weight excluding hydrogens is 267 g/mol. The Morgan fingerprint density at radius 2 is 1.85 bits per heavy atom. The van der Waals surface area contributed by atoms with Gasteiger partial charge in [-0.1, -0.05) is 6.92 Å². The van der Waals surface area contributed by atoms with Gasteiger partial charge in [-0.05, 0) is 31.5 Å². The summed E-state index contributed by atoms with van der Waals surface area (Å²) in [5.74, 6) is -2.25. The zero-order valence-corrected chi connectivity index (χ0v) is 11.2. The van der Waals surface area contributed by atoms with Gasteiger partial charge >= 0.3 is 0 Å². The Labute approximate surface area is 114 Å². The Hall–Kier alpha value is -2.11. The number of benzene rings is 1. The van der Waals surface area contributed by atoms with Crippen molar-refractivity contribution in [2.24, 2.45) is 0 Å². The van der Waals surface area contributed by atoms with E-state index in [9.17, 15) is 13.2 Å². The van der Waals surface area contributed by atoms with Crippen LogP contribution >= 0.6 is 0 Å². The molecule has 0 aliphatic heterocycles. The van der Waals surface area contributed by atoms with Crippen molar-refractivity contribution in [3.63, 3.8) is 0 Å². The smallest absolute Gasteiger partial charge is 0.186 e. The van der Waals surface area contributed by atoms with Crippen LogP contribution in [0.3, 0.4) is 0 Å². The molecule has 0 saturated heterocycles. The van der Waals surface area contributed by atoms with E-state index in [0.29, 0.717) is 12.1 Å². The molecule has 0 radical (unpaired) electrons. The van der Waals surface area contributed by atoms with Crippen LogP contribution in [0, 0.1) is 24.4 Å². The van der Waals surface area contributed by atoms with Gasteiger partial charge in [-0.25, -0.2) is 23.1 Å². The molecular formula is C14H14F3N3. The van der Waals surface area contributed by atoms with Crippen LogP contribution in [0.25, 0.3) is 11.4 Å². The predicted octanol–water partition coefficient (Wildman–Crippen LogP) is 3.69. The average molecular weight is 281 g/mol. The zero-order chi connectivity index (χ0) is 14.7. The summed E-state index contributed by atoms with van der Waals surface area (Å²) in [6, 6.07) is 3.34. The largest absolute Gasteiger partial charge is 0.368 e. The van der Waals surface area contributed by atoms with Gasteiger partial charge in [-0.2, -0.15) is 0 Å². The summed E-state index contributed by atoms with van der Waals surface area (Å²) in [5, 5.41) is 2.85. The third-order valence-corrected chi connectivity index (χ3v) is 2.74. The van der Waals surface area contributed by atoms with E-state index in [1.165, 1.54) is 13.0 Å². The van der Waals surface area contributed by atoms with Crippen molar-refractivity contribution in [1.82, 2.24) is 9.97 Å². The van der Waals surface area contributed by atoms with Gasteiger partial charge in [0.1, 0.15) is 0 Å². The van der Waals surface area contributed by atoms with Crippen molar-refractivity contribution in [2.45, 2.75) is 20.3 Å². The van der Waals surface area contributed by atoms with Crippen LogP contribution < -0.4 is 5.32 Å². The highest BCUT2D eigenvalue weighted by Crippen LogP contribution is 2.22. The molecule has 1 aromatic carbocycles. The number of hydrogen-bond acceptors (Lipinski definition) is 3. The lowest BCUT2D eigenvalue weighted by Crippen LogP contribution is -2.08. The van der Waals surface area contributed by atoms with Crippen LogP contribution in [-0.2, 0) is 0 Å². The topological polar surface area (TPSA) is 37.8 Å². The van der Waals surface area contributed by atoms with Gasteiger partial charge in [0.2, 0.25) is 0 Å². The predicted molar refractivity (Wildman–Crippen MR) is 70.9 cm³/mol. The van der Waals surface area contributed by atoms with Crippen LogP contribution in [0.5, 0.6) is 0 Å². The molecule has 1 aromatic heterocycles. The minimum absolute atomic E-state index is 0.0686. The zero-order valence-electron chi connectivity index (χ0n) is 11.2. The molecule has 6 heteroatoms. The molecule has 0 amide bonds. The van der Waals surface area contributed by atoms with Gasteiger partial charge in [-0.3, -0.25) is 0 Å². The Bertz CT molecular complexity index is 629. The van der Waals surface area contributed by atoms with Crippen LogP contribution in [0.4, 0.5) is 19.0 Å². The Balaban J connectivity index is 2.45. The number of aryl methyl sites for hydroxylation is 1. The van der Waals surface area contributed by atoms with Gasteiger partial charge in [0.25, 0.3) is 0 Å². The Morgan fingerprint density at radius 1 is 1.10 bits per heavy atom. The number of anilines is 1. The molecule has 0 atom stereocenters. The van der Waals surface area contributed by atoms with Crippen molar-refractivity contribution in [2.75, 3.05) is 11.9 Å². The molecule has 106 valence electrons. The van der Waals surface area contributed by atoms with Crippen molar-refractivity contribution < 1.29 is 13.2 Å². The fourth-order valence-electron chi connectivity index (χ4n) is 1.68. The molecule has 2 aromatic rings. The molecule has 20 heavy (non-hydrogen) atoms.